The van der Waals surface area contributed by atoms with E-state index in [9.17, 15) is 0 Å². The summed E-state index contributed by atoms with van der Waals surface area (Å²) in [5.74, 6) is 0. The van der Waals surface area contributed by atoms with Crippen LogP contribution in [0.4, 0.5) is 5.69 Å². The van der Waals surface area contributed by atoms with Crippen LogP contribution in [0.2, 0.25) is 0 Å². The first-order chi connectivity index (χ1) is 6.24. The molecule has 0 heterocycles. The number of hydrogen-bond acceptors (Lipinski definition) is 1. The van der Waals surface area contributed by atoms with Gasteiger partial charge in [0, 0.05) is 5.69 Å². The van der Waals surface area contributed by atoms with Crippen molar-refractivity contribution in [2.24, 2.45) is 0 Å². The molecule has 0 aromatic heterocycles. The molecule has 0 amide bonds. The average Bonchev–Trinajstić information content (AvgIpc) is 2.15. The molecule has 0 unspecified atom stereocenters. The van der Waals surface area contributed by atoms with E-state index < -0.39 is 0 Å². The first-order valence-electron chi connectivity index (χ1n) is 4.73. The summed E-state index contributed by atoms with van der Waals surface area (Å²) in [6.07, 6.45) is 4.08. The summed E-state index contributed by atoms with van der Waals surface area (Å²) < 4.78 is 0. The number of anilines is 1. The predicted molar refractivity (Wildman–Crippen MR) is 61.6 cm³/mol. The van der Waals surface area contributed by atoms with E-state index in [1.54, 1.807) is 0 Å². The van der Waals surface area contributed by atoms with Gasteiger partial charge in [0.2, 0.25) is 0 Å². The van der Waals surface area contributed by atoms with Crippen molar-refractivity contribution in [1.82, 2.24) is 0 Å². The SMILES string of the molecule is C/C=C\c1cc(N)ccc1C.CC. The quantitative estimate of drug-likeness (QED) is 0.651. The van der Waals surface area contributed by atoms with Gasteiger partial charge in [0.15, 0.2) is 0 Å². The normalized spacial score (nSPS) is 9.54. The summed E-state index contributed by atoms with van der Waals surface area (Å²) in [6.45, 7) is 8.08. The first kappa shape index (κ1) is 11.8. The van der Waals surface area contributed by atoms with Crippen molar-refractivity contribution < 1.29 is 0 Å². The van der Waals surface area contributed by atoms with Gasteiger partial charge in [0.05, 0.1) is 0 Å². The van der Waals surface area contributed by atoms with Crippen LogP contribution in [0.1, 0.15) is 31.9 Å². The van der Waals surface area contributed by atoms with E-state index >= 15 is 0 Å². The van der Waals surface area contributed by atoms with E-state index in [0.29, 0.717) is 0 Å². The van der Waals surface area contributed by atoms with Crippen LogP contribution in [0.15, 0.2) is 24.3 Å². The minimum absolute atomic E-state index is 0.823. The van der Waals surface area contributed by atoms with Gasteiger partial charge in [-0.3, -0.25) is 0 Å². The van der Waals surface area contributed by atoms with Gasteiger partial charge in [-0.1, -0.05) is 32.1 Å². The van der Waals surface area contributed by atoms with Crippen LogP contribution in [0.25, 0.3) is 6.08 Å². The minimum atomic E-state index is 0.823. The molecule has 0 spiro atoms. The molecule has 0 saturated heterocycles. The number of nitrogens with two attached hydrogens (primary N) is 1. The molecule has 0 aliphatic heterocycles. The molecular formula is C12H19N. The second kappa shape index (κ2) is 6.30. The molecule has 2 N–H and O–H groups in total. The largest absolute Gasteiger partial charge is 0.399 e. The van der Waals surface area contributed by atoms with Crippen molar-refractivity contribution in [1.29, 1.82) is 0 Å². The Bertz CT molecular complexity index is 274. The zero-order valence-corrected chi connectivity index (χ0v) is 8.96. The van der Waals surface area contributed by atoms with Crippen molar-refractivity contribution in [2.45, 2.75) is 27.7 Å². The van der Waals surface area contributed by atoms with Crippen molar-refractivity contribution in [3.05, 3.63) is 35.4 Å². The summed E-state index contributed by atoms with van der Waals surface area (Å²) in [5, 5.41) is 0. The molecule has 0 radical (unpaired) electrons. The number of nitrogen functional groups attached to an aromatic ring is 1. The fraction of sp³-hybridized carbons (Fsp3) is 0.333. The molecule has 1 aromatic rings. The number of aryl methyl sites for hydroxylation is 1. The molecule has 0 fully saturated rings. The summed E-state index contributed by atoms with van der Waals surface area (Å²) in [5.41, 5.74) is 8.91. The zero-order valence-electron chi connectivity index (χ0n) is 8.96. The van der Waals surface area contributed by atoms with Crippen LogP contribution in [0.5, 0.6) is 0 Å². The number of benzene rings is 1. The van der Waals surface area contributed by atoms with Gasteiger partial charge in [0.1, 0.15) is 0 Å². The van der Waals surface area contributed by atoms with Gasteiger partial charge in [0.25, 0.3) is 0 Å². The highest BCUT2D eigenvalue weighted by molar-refractivity contribution is 5.58. The van der Waals surface area contributed by atoms with E-state index in [-0.39, 0.29) is 0 Å². The molecule has 0 aliphatic carbocycles. The maximum absolute atomic E-state index is 5.62. The molecule has 72 valence electrons. The summed E-state index contributed by atoms with van der Waals surface area (Å²) in [6, 6.07) is 5.93. The Morgan fingerprint density at radius 3 is 2.38 bits per heavy atom. The fourth-order valence-corrected chi connectivity index (χ4v) is 1.02. The summed E-state index contributed by atoms with van der Waals surface area (Å²) in [7, 11) is 0. The Morgan fingerprint density at radius 1 is 1.23 bits per heavy atom. The molecule has 1 nitrogen and oxygen atoms in total. The van der Waals surface area contributed by atoms with Crippen molar-refractivity contribution in [3.63, 3.8) is 0 Å². The zero-order chi connectivity index (χ0) is 10.3. The highest BCUT2D eigenvalue weighted by atomic mass is 14.5. The number of rotatable bonds is 1. The van der Waals surface area contributed by atoms with Crippen molar-refractivity contribution >= 4 is 11.8 Å². The topological polar surface area (TPSA) is 26.0 Å². The Morgan fingerprint density at radius 2 is 1.85 bits per heavy atom. The lowest BCUT2D eigenvalue weighted by molar-refractivity contribution is 1.44. The van der Waals surface area contributed by atoms with Gasteiger partial charge in [-0.25, -0.2) is 0 Å². The summed E-state index contributed by atoms with van der Waals surface area (Å²) >= 11 is 0. The highest BCUT2D eigenvalue weighted by Crippen LogP contribution is 2.13. The fourth-order valence-electron chi connectivity index (χ4n) is 1.02. The number of hydrogen-bond donors (Lipinski definition) is 1. The third-order valence-corrected chi connectivity index (χ3v) is 1.65. The molecular weight excluding hydrogens is 158 g/mol. The van der Waals surface area contributed by atoms with Gasteiger partial charge >= 0.3 is 0 Å². The molecule has 1 aromatic carbocycles. The summed E-state index contributed by atoms with van der Waals surface area (Å²) in [4.78, 5) is 0. The molecule has 1 heteroatoms. The van der Waals surface area contributed by atoms with Crippen LogP contribution in [0.3, 0.4) is 0 Å². The van der Waals surface area contributed by atoms with E-state index in [1.165, 1.54) is 11.1 Å². The number of allylic oxidation sites excluding steroid dienone is 1. The van der Waals surface area contributed by atoms with Crippen LogP contribution < -0.4 is 5.73 Å². The highest BCUT2D eigenvalue weighted by Gasteiger charge is 1.92. The molecule has 0 atom stereocenters. The van der Waals surface area contributed by atoms with Crippen LogP contribution in [0, 0.1) is 6.92 Å². The third-order valence-electron chi connectivity index (χ3n) is 1.65. The maximum Gasteiger partial charge on any atom is 0.0320 e. The average molecular weight is 177 g/mol. The van der Waals surface area contributed by atoms with Crippen molar-refractivity contribution in [3.8, 4) is 0 Å². The lowest BCUT2D eigenvalue weighted by Crippen LogP contribution is -1.87. The Hall–Kier alpha value is -1.24. The standard InChI is InChI=1S/C10H13N.C2H6/c1-3-4-9-7-10(11)6-5-8(9)2;1-2/h3-7H,11H2,1-2H3;1-2H3/b4-3-;. The van der Waals surface area contributed by atoms with Gasteiger partial charge in [-0.15, -0.1) is 0 Å². The van der Waals surface area contributed by atoms with Gasteiger partial charge in [-0.05, 0) is 37.1 Å². The van der Waals surface area contributed by atoms with Crippen molar-refractivity contribution in [2.75, 3.05) is 5.73 Å². The smallest absolute Gasteiger partial charge is 0.0320 e. The van der Waals surface area contributed by atoms with Gasteiger partial charge in [-0.2, -0.15) is 0 Å². The second-order valence-electron chi connectivity index (χ2n) is 2.62. The van der Waals surface area contributed by atoms with Gasteiger partial charge < -0.3 is 5.73 Å². The maximum atomic E-state index is 5.62. The molecule has 1 rings (SSSR count). The van der Waals surface area contributed by atoms with E-state index in [2.05, 4.69) is 13.0 Å². The predicted octanol–water partition coefficient (Wildman–Crippen LogP) is 3.64. The van der Waals surface area contributed by atoms with E-state index in [1.807, 2.05) is 45.0 Å². The molecule has 0 aliphatic rings. The Kier molecular flexibility index (Phi) is 5.69. The first-order valence-corrected chi connectivity index (χ1v) is 4.73. The molecule has 0 bridgehead atoms. The molecule has 0 saturated carbocycles. The van der Waals surface area contributed by atoms with E-state index in [4.69, 9.17) is 5.73 Å². The van der Waals surface area contributed by atoms with Crippen LogP contribution >= 0.6 is 0 Å². The Balaban J connectivity index is 0.000000671. The minimum Gasteiger partial charge on any atom is -0.399 e. The second-order valence-corrected chi connectivity index (χ2v) is 2.62. The lowest BCUT2D eigenvalue weighted by Gasteiger charge is -2.00. The van der Waals surface area contributed by atoms with Crippen LogP contribution in [-0.2, 0) is 0 Å². The lowest BCUT2D eigenvalue weighted by atomic mass is 10.1. The molecule has 13 heavy (non-hydrogen) atoms. The Labute approximate surface area is 81.3 Å². The van der Waals surface area contributed by atoms with E-state index in [0.717, 1.165) is 5.69 Å². The van der Waals surface area contributed by atoms with Crippen LogP contribution in [-0.4, -0.2) is 0 Å². The monoisotopic (exact) mass is 177 g/mol. The third kappa shape index (κ3) is 3.79.